The van der Waals surface area contributed by atoms with E-state index in [1.807, 2.05) is 49.1 Å². The van der Waals surface area contributed by atoms with Crippen LogP contribution in [0.2, 0.25) is 0 Å². The van der Waals surface area contributed by atoms with Gasteiger partial charge in [-0.15, -0.1) is 11.8 Å². The zero-order valence-corrected chi connectivity index (χ0v) is 16.8. The van der Waals surface area contributed by atoms with Crippen molar-refractivity contribution < 1.29 is 4.79 Å². The van der Waals surface area contributed by atoms with E-state index < -0.39 is 0 Å². The maximum absolute atomic E-state index is 12.4. The van der Waals surface area contributed by atoms with Crippen LogP contribution >= 0.6 is 27.7 Å². The Labute approximate surface area is 161 Å². The molecule has 1 aliphatic heterocycles. The Morgan fingerprint density at radius 1 is 1.12 bits per heavy atom. The molecule has 1 fully saturated rings. The molecule has 7 heteroatoms. The monoisotopic (exact) mass is 420 g/mol. The molecule has 0 radical (unpaired) electrons. The fourth-order valence-electron chi connectivity index (χ4n) is 2.81. The lowest BCUT2D eigenvalue weighted by molar-refractivity contribution is -0.128. The number of hydrogen-bond acceptors (Lipinski definition) is 5. The number of benzene rings is 1. The Kier molecular flexibility index (Phi) is 5.96. The number of amides is 1. The number of anilines is 1. The molecule has 1 amide bonds. The summed E-state index contributed by atoms with van der Waals surface area (Å²) in [5, 5.41) is 0. The summed E-state index contributed by atoms with van der Waals surface area (Å²) in [5.74, 6) is 2.43. The predicted octanol–water partition coefficient (Wildman–Crippen LogP) is 3.30. The van der Waals surface area contributed by atoms with Crippen LogP contribution in [-0.4, -0.2) is 52.7 Å². The Morgan fingerprint density at radius 2 is 1.80 bits per heavy atom. The maximum Gasteiger partial charge on any atom is 0.233 e. The smallest absolute Gasteiger partial charge is 0.233 e. The van der Waals surface area contributed by atoms with E-state index in [4.69, 9.17) is 0 Å². The Hall–Kier alpha value is -1.60. The van der Waals surface area contributed by atoms with Gasteiger partial charge in [-0.1, -0.05) is 15.9 Å². The first kappa shape index (κ1) is 18.2. The van der Waals surface area contributed by atoms with Crippen molar-refractivity contribution in [3.05, 3.63) is 46.3 Å². The number of aryl methyl sites for hydroxylation is 2. The van der Waals surface area contributed by atoms with Gasteiger partial charge in [0.2, 0.25) is 5.91 Å². The molecular weight excluding hydrogens is 400 g/mol. The molecule has 0 spiro atoms. The number of rotatable bonds is 4. The number of thioether (sulfide) groups is 1. The number of hydrogen-bond donors (Lipinski definition) is 0. The van der Waals surface area contributed by atoms with Crippen LogP contribution in [0.15, 0.2) is 39.7 Å². The van der Waals surface area contributed by atoms with Crippen molar-refractivity contribution in [2.24, 2.45) is 0 Å². The van der Waals surface area contributed by atoms with Crippen molar-refractivity contribution in [3.8, 4) is 0 Å². The molecule has 2 aromatic rings. The van der Waals surface area contributed by atoms with E-state index in [1.54, 1.807) is 11.8 Å². The van der Waals surface area contributed by atoms with Crippen LogP contribution < -0.4 is 4.90 Å². The van der Waals surface area contributed by atoms with Crippen molar-refractivity contribution >= 4 is 39.4 Å². The normalized spacial score (nSPS) is 14.7. The molecule has 1 aromatic carbocycles. The number of carbonyl (C=O) groups excluding carboxylic acids is 1. The second kappa shape index (κ2) is 8.19. The van der Waals surface area contributed by atoms with Crippen LogP contribution in [0.1, 0.15) is 11.5 Å². The van der Waals surface area contributed by atoms with Crippen molar-refractivity contribution in [3.63, 3.8) is 0 Å². The molecule has 0 aliphatic carbocycles. The van der Waals surface area contributed by atoms with Crippen molar-refractivity contribution in [2.45, 2.75) is 18.7 Å². The van der Waals surface area contributed by atoms with Gasteiger partial charge < -0.3 is 9.80 Å². The number of nitrogens with zero attached hydrogens (tertiary/aromatic N) is 4. The zero-order valence-electron chi connectivity index (χ0n) is 14.4. The molecular formula is C18H21BrN4OS. The number of halogens is 1. The Bertz CT molecular complexity index is 725. The Balaban J connectivity index is 1.51. The van der Waals surface area contributed by atoms with Gasteiger partial charge >= 0.3 is 0 Å². The highest BCUT2D eigenvalue weighted by Gasteiger charge is 2.22. The van der Waals surface area contributed by atoms with Crippen LogP contribution in [0.5, 0.6) is 0 Å². The highest BCUT2D eigenvalue weighted by atomic mass is 79.9. The molecule has 0 atom stereocenters. The van der Waals surface area contributed by atoms with Gasteiger partial charge in [-0.05, 0) is 38.1 Å². The van der Waals surface area contributed by atoms with Gasteiger partial charge in [-0.3, -0.25) is 4.79 Å². The van der Waals surface area contributed by atoms with Crippen LogP contribution in [0.25, 0.3) is 0 Å². The average Bonchev–Trinajstić information content (AvgIpc) is 2.60. The third-order valence-electron chi connectivity index (χ3n) is 4.08. The molecule has 3 rings (SSSR count). The lowest BCUT2D eigenvalue weighted by Gasteiger charge is -2.35. The molecule has 5 nitrogen and oxygen atoms in total. The third-order valence-corrected chi connectivity index (χ3v) is 5.61. The summed E-state index contributed by atoms with van der Waals surface area (Å²) >= 11 is 5.01. The van der Waals surface area contributed by atoms with Gasteiger partial charge in [0, 0.05) is 47.3 Å². The van der Waals surface area contributed by atoms with Gasteiger partial charge in [0.1, 0.15) is 11.6 Å². The zero-order chi connectivity index (χ0) is 17.8. The molecule has 1 aromatic heterocycles. The van der Waals surface area contributed by atoms with Gasteiger partial charge in [-0.25, -0.2) is 9.97 Å². The summed E-state index contributed by atoms with van der Waals surface area (Å²) in [7, 11) is 0. The first-order valence-electron chi connectivity index (χ1n) is 8.24. The van der Waals surface area contributed by atoms with E-state index in [2.05, 4.69) is 30.8 Å². The highest BCUT2D eigenvalue weighted by Crippen LogP contribution is 2.21. The minimum absolute atomic E-state index is 0.197. The van der Waals surface area contributed by atoms with Gasteiger partial charge in [0.25, 0.3) is 0 Å². The molecule has 1 saturated heterocycles. The first-order chi connectivity index (χ1) is 12.0. The molecule has 1 aliphatic rings. The van der Waals surface area contributed by atoms with Crippen molar-refractivity contribution in [1.82, 2.24) is 14.9 Å². The minimum Gasteiger partial charge on any atom is -0.353 e. The SMILES string of the molecule is Cc1cc(N2CCN(C(=O)CSc3ccc(Br)cc3)CC2)nc(C)n1. The Morgan fingerprint density at radius 3 is 2.44 bits per heavy atom. The van der Waals surface area contributed by atoms with E-state index in [9.17, 15) is 4.79 Å². The topological polar surface area (TPSA) is 49.3 Å². The number of piperazine rings is 1. The lowest BCUT2D eigenvalue weighted by atomic mass is 10.3. The summed E-state index contributed by atoms with van der Waals surface area (Å²) in [4.78, 5) is 26.6. The van der Waals surface area contributed by atoms with E-state index in [-0.39, 0.29) is 5.91 Å². The second-order valence-corrected chi connectivity index (χ2v) is 7.99. The molecule has 2 heterocycles. The lowest BCUT2D eigenvalue weighted by Crippen LogP contribution is -2.49. The molecule has 132 valence electrons. The molecule has 0 bridgehead atoms. The molecule has 0 saturated carbocycles. The molecule has 0 unspecified atom stereocenters. The van der Waals surface area contributed by atoms with E-state index in [0.29, 0.717) is 5.75 Å². The van der Waals surface area contributed by atoms with Crippen molar-refractivity contribution in [1.29, 1.82) is 0 Å². The third kappa shape index (κ3) is 4.95. The summed E-state index contributed by atoms with van der Waals surface area (Å²) in [6.07, 6.45) is 0. The molecule has 0 N–H and O–H groups in total. The standard InChI is InChI=1S/C18H21BrN4OS/c1-13-11-17(21-14(2)20-13)22-7-9-23(10-8-22)18(24)12-25-16-5-3-15(19)4-6-16/h3-6,11H,7-10,12H2,1-2H3. The average molecular weight is 421 g/mol. The minimum atomic E-state index is 0.197. The summed E-state index contributed by atoms with van der Waals surface area (Å²) in [6.45, 7) is 6.99. The van der Waals surface area contributed by atoms with E-state index >= 15 is 0 Å². The summed E-state index contributed by atoms with van der Waals surface area (Å²) < 4.78 is 1.05. The summed E-state index contributed by atoms with van der Waals surface area (Å²) in [5.41, 5.74) is 0.979. The van der Waals surface area contributed by atoms with Crippen molar-refractivity contribution in [2.75, 3.05) is 36.8 Å². The first-order valence-corrected chi connectivity index (χ1v) is 10.0. The number of carbonyl (C=O) groups is 1. The fraction of sp³-hybridized carbons (Fsp3) is 0.389. The van der Waals surface area contributed by atoms with Crippen LogP contribution in [-0.2, 0) is 4.79 Å². The maximum atomic E-state index is 12.4. The second-order valence-electron chi connectivity index (χ2n) is 6.03. The van der Waals surface area contributed by atoms with Gasteiger partial charge in [0.05, 0.1) is 5.75 Å². The highest BCUT2D eigenvalue weighted by molar-refractivity contribution is 9.10. The van der Waals surface area contributed by atoms with E-state index in [0.717, 1.165) is 52.9 Å². The van der Waals surface area contributed by atoms with Crippen LogP contribution in [0, 0.1) is 13.8 Å². The largest absolute Gasteiger partial charge is 0.353 e. The van der Waals surface area contributed by atoms with Crippen LogP contribution in [0.4, 0.5) is 5.82 Å². The van der Waals surface area contributed by atoms with Gasteiger partial charge in [-0.2, -0.15) is 0 Å². The van der Waals surface area contributed by atoms with Gasteiger partial charge in [0.15, 0.2) is 0 Å². The van der Waals surface area contributed by atoms with Crippen LogP contribution in [0.3, 0.4) is 0 Å². The quantitative estimate of drug-likeness (QED) is 0.710. The predicted molar refractivity (Wildman–Crippen MR) is 105 cm³/mol. The number of aromatic nitrogens is 2. The fourth-order valence-corrected chi connectivity index (χ4v) is 3.88. The van der Waals surface area contributed by atoms with E-state index in [1.165, 1.54) is 0 Å². The summed E-state index contributed by atoms with van der Waals surface area (Å²) in [6, 6.07) is 10.1. The molecule has 25 heavy (non-hydrogen) atoms.